The lowest BCUT2D eigenvalue weighted by atomic mass is 9.85. The molecule has 2 heterocycles. The third-order valence-electron chi connectivity index (χ3n) is 6.96. The van der Waals surface area contributed by atoms with Crippen molar-refractivity contribution in [3.05, 3.63) is 105 Å². The van der Waals surface area contributed by atoms with Gasteiger partial charge in [-0.1, -0.05) is 29.8 Å². The van der Waals surface area contributed by atoms with Crippen molar-refractivity contribution >= 4 is 34.5 Å². The van der Waals surface area contributed by atoms with Crippen LogP contribution in [0, 0.1) is 13.8 Å². The summed E-state index contributed by atoms with van der Waals surface area (Å²) in [7, 11) is 1.58. The summed E-state index contributed by atoms with van der Waals surface area (Å²) in [5.41, 5.74) is 6.81. The molecule has 7 heteroatoms. The number of esters is 2. The zero-order valence-corrected chi connectivity index (χ0v) is 24.9. The summed E-state index contributed by atoms with van der Waals surface area (Å²) < 4.78 is 17.3. The van der Waals surface area contributed by atoms with Crippen LogP contribution in [0.5, 0.6) is 11.5 Å². The Kier molecular flexibility index (Phi) is 7.74. The van der Waals surface area contributed by atoms with Crippen molar-refractivity contribution in [2.75, 3.05) is 12.4 Å². The topological polar surface area (TPSA) is 73.9 Å². The van der Waals surface area contributed by atoms with Gasteiger partial charge in [0.05, 0.1) is 18.2 Å². The van der Waals surface area contributed by atoms with Crippen molar-refractivity contribution in [3.63, 3.8) is 0 Å². The van der Waals surface area contributed by atoms with Gasteiger partial charge in [-0.2, -0.15) is 0 Å². The van der Waals surface area contributed by atoms with Gasteiger partial charge in [-0.15, -0.1) is 11.3 Å². The summed E-state index contributed by atoms with van der Waals surface area (Å²) in [6.07, 6.45) is 2.18. The van der Waals surface area contributed by atoms with Crippen LogP contribution in [-0.2, 0) is 11.3 Å². The molecule has 0 spiro atoms. The third kappa shape index (κ3) is 6.05. The molecule has 6 nitrogen and oxygen atoms in total. The number of aryl methyl sites for hydroxylation is 2. The number of thiophene rings is 1. The van der Waals surface area contributed by atoms with Gasteiger partial charge in [0.1, 0.15) is 23.0 Å². The summed E-state index contributed by atoms with van der Waals surface area (Å²) in [5.74, 6) is 0.105. The third-order valence-corrected chi connectivity index (χ3v) is 7.94. The van der Waals surface area contributed by atoms with Crippen molar-refractivity contribution < 1.29 is 23.8 Å². The van der Waals surface area contributed by atoms with Crippen molar-refractivity contribution in [1.29, 1.82) is 0 Å². The van der Waals surface area contributed by atoms with Crippen LogP contribution in [-0.4, -0.2) is 24.6 Å². The molecule has 1 aliphatic rings. The first-order valence-electron chi connectivity index (χ1n) is 13.4. The van der Waals surface area contributed by atoms with Crippen LogP contribution in [0.15, 0.2) is 72.8 Å². The second-order valence-corrected chi connectivity index (χ2v) is 12.1. The maximum atomic E-state index is 12.9. The van der Waals surface area contributed by atoms with Crippen molar-refractivity contribution in [2.24, 2.45) is 0 Å². The van der Waals surface area contributed by atoms with E-state index in [4.69, 9.17) is 14.2 Å². The summed E-state index contributed by atoms with van der Waals surface area (Å²) in [5, 5.41) is 3.58. The molecule has 41 heavy (non-hydrogen) atoms. The van der Waals surface area contributed by atoms with Gasteiger partial charge in [-0.05, 0) is 88.2 Å². The van der Waals surface area contributed by atoms with E-state index >= 15 is 0 Å². The molecule has 5 rings (SSSR count). The first-order valence-corrected chi connectivity index (χ1v) is 14.2. The fourth-order valence-corrected chi connectivity index (χ4v) is 6.01. The van der Waals surface area contributed by atoms with E-state index in [-0.39, 0.29) is 18.1 Å². The van der Waals surface area contributed by atoms with Crippen LogP contribution < -0.4 is 14.8 Å². The van der Waals surface area contributed by atoms with Crippen LogP contribution in [0.4, 0.5) is 5.69 Å². The fraction of sp³-hybridized carbons (Fsp3) is 0.235. The summed E-state index contributed by atoms with van der Waals surface area (Å²) in [4.78, 5) is 27.3. The Hall–Kier alpha value is -4.36. The van der Waals surface area contributed by atoms with E-state index in [2.05, 4.69) is 32.2 Å². The molecule has 210 valence electrons. The summed E-state index contributed by atoms with van der Waals surface area (Å²) >= 11 is 1.41. The Morgan fingerprint density at radius 2 is 1.68 bits per heavy atom. The lowest BCUT2D eigenvalue weighted by molar-refractivity contribution is 0.0478. The molecule has 0 unspecified atom stereocenters. The standard InChI is InChI=1S/C34H33NO5S/c1-20-8-7-9-23(16-20)32(36)40-24-11-12-26(29(17-24)38-6)25-13-14-28-31(21(2)18-34(4,5)35-28)27(25)19-39-33(37)30-15-10-22(3)41-30/h7-18,35H,19H2,1-6H3. The Morgan fingerprint density at radius 1 is 0.902 bits per heavy atom. The van der Waals surface area contributed by atoms with Crippen LogP contribution in [0.25, 0.3) is 16.7 Å². The highest BCUT2D eigenvalue weighted by atomic mass is 32.1. The largest absolute Gasteiger partial charge is 0.496 e. The molecule has 0 radical (unpaired) electrons. The zero-order chi connectivity index (χ0) is 29.3. The van der Waals surface area contributed by atoms with Gasteiger partial charge in [0, 0.05) is 33.3 Å². The van der Waals surface area contributed by atoms with Crippen molar-refractivity contribution in [2.45, 2.75) is 46.8 Å². The number of carbonyl (C=O) groups excluding carboxylic acids is 2. The number of anilines is 1. The number of hydrogen-bond donors (Lipinski definition) is 1. The molecule has 3 aromatic carbocycles. The van der Waals surface area contributed by atoms with E-state index in [0.717, 1.165) is 44.0 Å². The molecule has 0 amide bonds. The van der Waals surface area contributed by atoms with Gasteiger partial charge >= 0.3 is 11.9 Å². The van der Waals surface area contributed by atoms with Gasteiger partial charge in [0.2, 0.25) is 0 Å². The Bertz CT molecular complexity index is 1680. The second-order valence-electron chi connectivity index (χ2n) is 10.8. The first kappa shape index (κ1) is 28.2. The predicted octanol–water partition coefficient (Wildman–Crippen LogP) is 8.22. The van der Waals surface area contributed by atoms with Gasteiger partial charge in [0.25, 0.3) is 0 Å². The van der Waals surface area contributed by atoms with E-state index < -0.39 is 5.97 Å². The molecule has 1 N–H and O–H groups in total. The lowest BCUT2D eigenvalue weighted by Crippen LogP contribution is -2.32. The molecule has 0 aliphatic carbocycles. The maximum absolute atomic E-state index is 12.9. The number of hydrogen-bond acceptors (Lipinski definition) is 7. The predicted molar refractivity (Wildman–Crippen MR) is 164 cm³/mol. The summed E-state index contributed by atoms with van der Waals surface area (Å²) in [6.45, 7) is 10.3. The molecule has 0 bridgehead atoms. The van der Waals surface area contributed by atoms with E-state index in [1.807, 2.05) is 50.2 Å². The van der Waals surface area contributed by atoms with Crippen LogP contribution in [0.1, 0.15) is 62.4 Å². The van der Waals surface area contributed by atoms with Gasteiger partial charge in [0.15, 0.2) is 0 Å². The SMILES string of the molecule is COc1cc(OC(=O)c2cccc(C)c2)ccc1-c1ccc2c(c1COC(=O)c1ccc(C)s1)C(C)=CC(C)(C)N2. The number of nitrogens with one attached hydrogen (secondary N) is 1. The van der Waals surface area contributed by atoms with Crippen LogP contribution in [0.2, 0.25) is 0 Å². The highest BCUT2D eigenvalue weighted by Gasteiger charge is 2.27. The molecule has 0 saturated heterocycles. The van der Waals surface area contributed by atoms with Gasteiger partial charge < -0.3 is 19.5 Å². The van der Waals surface area contributed by atoms with E-state index in [1.165, 1.54) is 11.3 Å². The van der Waals surface area contributed by atoms with Gasteiger partial charge in [-0.25, -0.2) is 9.59 Å². The monoisotopic (exact) mass is 567 g/mol. The molecule has 4 aromatic rings. The van der Waals surface area contributed by atoms with E-state index in [1.54, 1.807) is 37.4 Å². The number of methoxy groups -OCH3 is 1. The van der Waals surface area contributed by atoms with Crippen LogP contribution >= 0.6 is 11.3 Å². The fourth-order valence-electron chi connectivity index (χ4n) is 5.25. The minimum absolute atomic E-state index is 0.0782. The summed E-state index contributed by atoms with van der Waals surface area (Å²) in [6, 6.07) is 20.3. The molecular formula is C34H33NO5S. The Morgan fingerprint density at radius 3 is 2.39 bits per heavy atom. The highest BCUT2D eigenvalue weighted by molar-refractivity contribution is 7.13. The first-order chi connectivity index (χ1) is 19.5. The number of carbonyl (C=O) groups is 2. The van der Waals surface area contributed by atoms with Crippen molar-refractivity contribution in [3.8, 4) is 22.6 Å². The van der Waals surface area contributed by atoms with Crippen LogP contribution in [0.3, 0.4) is 0 Å². The zero-order valence-electron chi connectivity index (χ0n) is 24.1. The smallest absolute Gasteiger partial charge is 0.348 e. The minimum atomic E-state index is -0.442. The average molecular weight is 568 g/mol. The normalized spacial score (nSPS) is 13.5. The number of allylic oxidation sites excluding steroid dienone is 1. The van der Waals surface area contributed by atoms with E-state index in [0.29, 0.717) is 21.9 Å². The quantitative estimate of drug-likeness (QED) is 0.179. The number of benzene rings is 3. The van der Waals surface area contributed by atoms with E-state index in [9.17, 15) is 9.59 Å². The average Bonchev–Trinajstić information content (AvgIpc) is 3.37. The number of rotatable bonds is 7. The van der Waals surface area contributed by atoms with Gasteiger partial charge in [-0.3, -0.25) is 0 Å². The highest BCUT2D eigenvalue weighted by Crippen LogP contribution is 2.43. The molecule has 1 aromatic heterocycles. The molecule has 0 atom stereocenters. The molecular weight excluding hydrogens is 534 g/mol. The lowest BCUT2D eigenvalue weighted by Gasteiger charge is -2.33. The molecule has 0 fully saturated rings. The molecule has 1 aliphatic heterocycles. The second kappa shape index (κ2) is 11.3. The Labute approximate surface area is 244 Å². The van der Waals surface area contributed by atoms with Crippen molar-refractivity contribution in [1.82, 2.24) is 0 Å². The Balaban J connectivity index is 1.53. The number of fused-ring (bicyclic) bond motifs is 1. The minimum Gasteiger partial charge on any atom is -0.496 e. The number of ether oxygens (including phenoxy) is 3. The maximum Gasteiger partial charge on any atom is 0.348 e. The molecule has 0 saturated carbocycles.